The summed E-state index contributed by atoms with van der Waals surface area (Å²) < 4.78 is 0. The lowest BCUT2D eigenvalue weighted by atomic mass is 10.1. The van der Waals surface area contributed by atoms with Gasteiger partial charge < -0.3 is 5.73 Å². The van der Waals surface area contributed by atoms with Gasteiger partial charge in [0.05, 0.1) is 5.52 Å². The number of pyridine rings is 1. The van der Waals surface area contributed by atoms with Crippen LogP contribution in [0.15, 0.2) is 30.3 Å². The van der Waals surface area contributed by atoms with Crippen molar-refractivity contribution in [3.05, 3.63) is 41.6 Å². The molecule has 3 heteroatoms. The fraction of sp³-hybridized carbons (Fsp3) is 0.400. The molecule has 0 unspecified atom stereocenters. The molecule has 1 saturated heterocycles. The van der Waals surface area contributed by atoms with Gasteiger partial charge in [0.1, 0.15) is 0 Å². The topological polar surface area (TPSA) is 42.1 Å². The number of nitrogens with zero attached hydrogens (tertiary/aromatic N) is 2. The molecule has 1 aliphatic heterocycles. The molecule has 94 valence electrons. The zero-order valence-electron chi connectivity index (χ0n) is 10.8. The van der Waals surface area contributed by atoms with Crippen LogP contribution in [0.4, 0.5) is 0 Å². The van der Waals surface area contributed by atoms with E-state index in [-0.39, 0.29) is 0 Å². The van der Waals surface area contributed by atoms with Crippen LogP contribution in [-0.2, 0) is 6.54 Å². The normalized spacial score (nSPS) is 20.7. The average Bonchev–Trinajstić information content (AvgIpc) is 2.74. The van der Waals surface area contributed by atoms with Crippen LogP contribution in [0, 0.1) is 6.92 Å². The molecule has 1 fully saturated rings. The highest BCUT2D eigenvalue weighted by atomic mass is 15.2. The summed E-state index contributed by atoms with van der Waals surface area (Å²) in [5.74, 6) is 0. The van der Waals surface area contributed by atoms with E-state index < -0.39 is 0 Å². The van der Waals surface area contributed by atoms with E-state index in [1.165, 1.54) is 10.9 Å². The van der Waals surface area contributed by atoms with Gasteiger partial charge in [-0.3, -0.25) is 9.88 Å². The van der Waals surface area contributed by atoms with Gasteiger partial charge >= 0.3 is 0 Å². The summed E-state index contributed by atoms with van der Waals surface area (Å²) >= 11 is 0. The number of hydrogen-bond acceptors (Lipinski definition) is 3. The third kappa shape index (κ3) is 2.24. The molecular formula is C15H19N3. The molecule has 0 bridgehead atoms. The monoisotopic (exact) mass is 241 g/mol. The average molecular weight is 241 g/mol. The Balaban J connectivity index is 1.95. The van der Waals surface area contributed by atoms with Crippen molar-refractivity contribution in [2.45, 2.75) is 25.9 Å². The molecule has 1 aromatic carbocycles. The van der Waals surface area contributed by atoms with Crippen LogP contribution in [0.25, 0.3) is 10.9 Å². The number of aryl methyl sites for hydroxylation is 1. The summed E-state index contributed by atoms with van der Waals surface area (Å²) in [6, 6.07) is 10.9. The third-order valence-electron chi connectivity index (χ3n) is 3.63. The highest BCUT2D eigenvalue weighted by molar-refractivity contribution is 5.82. The van der Waals surface area contributed by atoms with Gasteiger partial charge in [-0.05, 0) is 31.0 Å². The molecule has 0 saturated carbocycles. The number of hydrogen-bond donors (Lipinski definition) is 1. The first-order chi connectivity index (χ1) is 8.72. The fourth-order valence-corrected chi connectivity index (χ4v) is 2.77. The van der Waals surface area contributed by atoms with E-state index in [1.54, 1.807) is 0 Å². The van der Waals surface area contributed by atoms with E-state index >= 15 is 0 Å². The zero-order valence-corrected chi connectivity index (χ0v) is 10.8. The minimum Gasteiger partial charge on any atom is -0.326 e. The molecule has 3 rings (SSSR count). The predicted octanol–water partition coefficient (Wildman–Crippen LogP) is 2.08. The largest absolute Gasteiger partial charge is 0.326 e. The van der Waals surface area contributed by atoms with E-state index in [0.29, 0.717) is 6.04 Å². The number of likely N-dealkylation sites (tertiary alicyclic amines) is 1. The molecule has 0 spiro atoms. The minimum absolute atomic E-state index is 0.346. The molecule has 2 N–H and O–H groups in total. The molecule has 0 radical (unpaired) electrons. The molecule has 1 atom stereocenters. The SMILES string of the molecule is Cc1cc(CN2CC[C@@H](N)C2)c2ccccc2n1. The molecular weight excluding hydrogens is 222 g/mol. The highest BCUT2D eigenvalue weighted by Gasteiger charge is 2.19. The standard InChI is InChI=1S/C15H19N3/c1-11-8-12(9-18-7-6-13(16)10-18)14-4-2-3-5-15(14)17-11/h2-5,8,13H,6-7,9-10,16H2,1H3/t13-/m1/s1. The zero-order chi connectivity index (χ0) is 12.5. The fourth-order valence-electron chi connectivity index (χ4n) is 2.77. The Bertz CT molecular complexity index is 565. The Morgan fingerprint density at radius 3 is 3.00 bits per heavy atom. The highest BCUT2D eigenvalue weighted by Crippen LogP contribution is 2.21. The number of rotatable bonds is 2. The second kappa shape index (κ2) is 4.67. The van der Waals surface area contributed by atoms with E-state index in [1.807, 2.05) is 6.07 Å². The van der Waals surface area contributed by atoms with Gasteiger partial charge in [-0.2, -0.15) is 0 Å². The van der Waals surface area contributed by atoms with Gasteiger partial charge in [-0.25, -0.2) is 0 Å². The maximum atomic E-state index is 5.97. The first-order valence-corrected chi connectivity index (χ1v) is 6.55. The van der Waals surface area contributed by atoms with Crippen molar-refractivity contribution in [2.24, 2.45) is 5.73 Å². The van der Waals surface area contributed by atoms with E-state index in [4.69, 9.17) is 5.73 Å². The van der Waals surface area contributed by atoms with Gasteiger partial charge in [-0.15, -0.1) is 0 Å². The summed E-state index contributed by atoms with van der Waals surface area (Å²) in [5, 5.41) is 1.27. The maximum Gasteiger partial charge on any atom is 0.0708 e. The first kappa shape index (κ1) is 11.6. The van der Waals surface area contributed by atoms with Crippen molar-refractivity contribution < 1.29 is 0 Å². The van der Waals surface area contributed by atoms with Gasteiger partial charge in [0.2, 0.25) is 0 Å². The van der Waals surface area contributed by atoms with Gasteiger partial charge in [-0.1, -0.05) is 18.2 Å². The Kier molecular flexibility index (Phi) is 3.02. The van der Waals surface area contributed by atoms with Crippen molar-refractivity contribution in [1.29, 1.82) is 0 Å². The molecule has 3 nitrogen and oxygen atoms in total. The maximum absolute atomic E-state index is 5.97. The quantitative estimate of drug-likeness (QED) is 0.875. The van der Waals surface area contributed by atoms with Crippen molar-refractivity contribution in [1.82, 2.24) is 9.88 Å². The van der Waals surface area contributed by atoms with Crippen molar-refractivity contribution in [3.63, 3.8) is 0 Å². The van der Waals surface area contributed by atoms with Crippen LogP contribution in [0.1, 0.15) is 17.7 Å². The van der Waals surface area contributed by atoms with Crippen molar-refractivity contribution in [3.8, 4) is 0 Å². The Morgan fingerprint density at radius 2 is 2.22 bits per heavy atom. The smallest absolute Gasteiger partial charge is 0.0708 e. The predicted molar refractivity (Wildman–Crippen MR) is 74.3 cm³/mol. The summed E-state index contributed by atoms with van der Waals surface area (Å²) in [7, 11) is 0. The van der Waals surface area contributed by atoms with Gasteiger partial charge in [0.25, 0.3) is 0 Å². The molecule has 2 heterocycles. The lowest BCUT2D eigenvalue weighted by Gasteiger charge is -2.17. The number of fused-ring (bicyclic) bond motifs is 1. The lowest BCUT2D eigenvalue weighted by molar-refractivity contribution is 0.328. The summed E-state index contributed by atoms with van der Waals surface area (Å²) in [6.07, 6.45) is 1.11. The van der Waals surface area contributed by atoms with Gasteiger partial charge in [0, 0.05) is 36.8 Å². The van der Waals surface area contributed by atoms with Crippen LogP contribution < -0.4 is 5.73 Å². The molecule has 2 aromatic rings. The number of benzene rings is 1. The summed E-state index contributed by atoms with van der Waals surface area (Å²) in [6.45, 7) is 5.16. The van der Waals surface area contributed by atoms with E-state index in [9.17, 15) is 0 Å². The number of aromatic nitrogens is 1. The van der Waals surface area contributed by atoms with Crippen LogP contribution >= 0.6 is 0 Å². The summed E-state index contributed by atoms with van der Waals surface area (Å²) in [4.78, 5) is 7.02. The number of nitrogens with two attached hydrogens (primary N) is 1. The Morgan fingerprint density at radius 1 is 1.39 bits per heavy atom. The molecule has 0 aliphatic carbocycles. The van der Waals surface area contributed by atoms with Crippen LogP contribution in [0.2, 0.25) is 0 Å². The van der Waals surface area contributed by atoms with Crippen LogP contribution in [0.5, 0.6) is 0 Å². The Labute approximate surface area is 108 Å². The molecule has 1 aromatic heterocycles. The first-order valence-electron chi connectivity index (χ1n) is 6.55. The summed E-state index contributed by atoms with van der Waals surface area (Å²) in [5.41, 5.74) is 9.52. The lowest BCUT2D eigenvalue weighted by Crippen LogP contribution is -2.26. The van der Waals surface area contributed by atoms with Crippen molar-refractivity contribution >= 4 is 10.9 Å². The van der Waals surface area contributed by atoms with Crippen LogP contribution in [-0.4, -0.2) is 29.0 Å². The minimum atomic E-state index is 0.346. The third-order valence-corrected chi connectivity index (χ3v) is 3.63. The van der Waals surface area contributed by atoms with E-state index in [0.717, 1.165) is 37.3 Å². The van der Waals surface area contributed by atoms with E-state index in [2.05, 4.69) is 41.1 Å². The Hall–Kier alpha value is -1.45. The van der Waals surface area contributed by atoms with Crippen LogP contribution in [0.3, 0.4) is 0 Å². The second-order valence-corrected chi connectivity index (χ2v) is 5.22. The number of para-hydroxylation sites is 1. The molecule has 0 amide bonds. The second-order valence-electron chi connectivity index (χ2n) is 5.22. The molecule has 18 heavy (non-hydrogen) atoms. The van der Waals surface area contributed by atoms with Crippen molar-refractivity contribution in [2.75, 3.05) is 13.1 Å². The molecule has 1 aliphatic rings. The van der Waals surface area contributed by atoms with Gasteiger partial charge in [0.15, 0.2) is 0 Å².